The van der Waals surface area contributed by atoms with E-state index in [0.717, 1.165) is 0 Å². The van der Waals surface area contributed by atoms with Gasteiger partial charge in [0.2, 0.25) is 0 Å². The molecule has 0 aliphatic heterocycles. The molecule has 0 radical (unpaired) electrons. The van der Waals surface area contributed by atoms with Crippen molar-refractivity contribution < 1.29 is 0 Å². The molecule has 0 aromatic heterocycles. The van der Waals surface area contributed by atoms with Crippen LogP contribution in [0.25, 0.3) is 11.1 Å². The molecule has 2 rings (SSSR count). The van der Waals surface area contributed by atoms with Crippen molar-refractivity contribution in [1.29, 1.82) is 0 Å². The first-order valence-electron chi connectivity index (χ1n) is 4.59. The van der Waals surface area contributed by atoms with Crippen LogP contribution >= 0.6 is 22.6 Å². The zero-order chi connectivity index (χ0) is 9.97. The van der Waals surface area contributed by atoms with Gasteiger partial charge < -0.3 is 0 Å². The van der Waals surface area contributed by atoms with E-state index in [2.05, 4.69) is 72.0 Å². The third-order valence-corrected chi connectivity index (χ3v) is 3.52. The molecule has 0 saturated carbocycles. The van der Waals surface area contributed by atoms with Gasteiger partial charge in [0.1, 0.15) is 0 Å². The Bertz CT molecular complexity index is 432. The summed E-state index contributed by atoms with van der Waals surface area (Å²) >= 11 is 2.38. The molecule has 0 saturated heterocycles. The lowest BCUT2D eigenvalue weighted by Crippen LogP contribution is -1.85. The van der Waals surface area contributed by atoms with Crippen LogP contribution in [0.1, 0.15) is 5.56 Å². The standard InChI is InChI=1S/C13H11I/c1-10-12(8-5-9-13(10)14)11-6-3-2-4-7-11/h2-9H,1H3. The van der Waals surface area contributed by atoms with Crippen LogP contribution in [-0.2, 0) is 0 Å². The Morgan fingerprint density at radius 1 is 0.857 bits per heavy atom. The molecule has 0 bridgehead atoms. The van der Waals surface area contributed by atoms with Crippen molar-refractivity contribution in [3.05, 3.63) is 57.7 Å². The van der Waals surface area contributed by atoms with Crippen LogP contribution in [0.2, 0.25) is 0 Å². The Hall–Kier alpha value is -0.830. The second-order valence-corrected chi connectivity index (χ2v) is 4.44. The molecule has 0 atom stereocenters. The highest BCUT2D eigenvalue weighted by Crippen LogP contribution is 2.25. The molecule has 0 N–H and O–H groups in total. The maximum absolute atomic E-state index is 2.38. The van der Waals surface area contributed by atoms with Crippen molar-refractivity contribution >= 4 is 22.6 Å². The molecular weight excluding hydrogens is 283 g/mol. The first-order valence-corrected chi connectivity index (χ1v) is 5.67. The number of halogens is 1. The number of hydrogen-bond donors (Lipinski definition) is 0. The summed E-state index contributed by atoms with van der Waals surface area (Å²) in [5, 5.41) is 0. The van der Waals surface area contributed by atoms with E-state index < -0.39 is 0 Å². The van der Waals surface area contributed by atoms with Crippen molar-refractivity contribution in [1.82, 2.24) is 0 Å². The lowest BCUT2D eigenvalue weighted by molar-refractivity contribution is 1.42. The summed E-state index contributed by atoms with van der Waals surface area (Å²) in [6, 6.07) is 16.9. The van der Waals surface area contributed by atoms with Crippen LogP contribution in [-0.4, -0.2) is 0 Å². The molecule has 0 unspecified atom stereocenters. The molecular formula is C13H11I. The van der Waals surface area contributed by atoms with Gasteiger partial charge in [0.15, 0.2) is 0 Å². The topological polar surface area (TPSA) is 0 Å². The van der Waals surface area contributed by atoms with Gasteiger partial charge in [0.05, 0.1) is 0 Å². The molecule has 1 heteroatoms. The summed E-state index contributed by atoms with van der Waals surface area (Å²) < 4.78 is 1.32. The van der Waals surface area contributed by atoms with E-state index in [1.807, 2.05) is 6.07 Å². The van der Waals surface area contributed by atoms with Gasteiger partial charge in [-0.25, -0.2) is 0 Å². The summed E-state index contributed by atoms with van der Waals surface area (Å²) in [5.41, 5.74) is 3.99. The molecule has 2 aromatic carbocycles. The minimum absolute atomic E-state index is 1.29. The average molecular weight is 294 g/mol. The average Bonchev–Trinajstić information content (AvgIpc) is 2.23. The third-order valence-electron chi connectivity index (χ3n) is 2.35. The highest BCUT2D eigenvalue weighted by molar-refractivity contribution is 14.1. The minimum Gasteiger partial charge on any atom is -0.0622 e. The zero-order valence-electron chi connectivity index (χ0n) is 8.00. The highest BCUT2D eigenvalue weighted by Gasteiger charge is 2.02. The molecule has 0 aliphatic carbocycles. The van der Waals surface area contributed by atoms with E-state index in [1.54, 1.807) is 0 Å². The molecule has 0 amide bonds. The van der Waals surface area contributed by atoms with Crippen LogP contribution in [0.3, 0.4) is 0 Å². The largest absolute Gasteiger partial charge is 0.0622 e. The van der Waals surface area contributed by atoms with Crippen LogP contribution in [0.15, 0.2) is 48.5 Å². The Morgan fingerprint density at radius 2 is 1.57 bits per heavy atom. The maximum atomic E-state index is 2.38. The predicted octanol–water partition coefficient (Wildman–Crippen LogP) is 4.27. The third kappa shape index (κ3) is 1.82. The lowest BCUT2D eigenvalue weighted by Gasteiger charge is -2.07. The molecule has 14 heavy (non-hydrogen) atoms. The summed E-state index contributed by atoms with van der Waals surface area (Å²) in [7, 11) is 0. The van der Waals surface area contributed by atoms with E-state index in [0.29, 0.717) is 0 Å². The van der Waals surface area contributed by atoms with Gasteiger partial charge in [-0.15, -0.1) is 0 Å². The molecule has 0 nitrogen and oxygen atoms in total. The van der Waals surface area contributed by atoms with Gasteiger partial charge >= 0.3 is 0 Å². The fraction of sp³-hybridized carbons (Fsp3) is 0.0769. The van der Waals surface area contributed by atoms with Crippen molar-refractivity contribution in [2.75, 3.05) is 0 Å². The van der Waals surface area contributed by atoms with E-state index >= 15 is 0 Å². The molecule has 0 spiro atoms. The van der Waals surface area contributed by atoms with Gasteiger partial charge in [-0.1, -0.05) is 42.5 Å². The quantitative estimate of drug-likeness (QED) is 0.689. The Labute approximate surface area is 98.1 Å². The maximum Gasteiger partial charge on any atom is 0.0165 e. The smallest absolute Gasteiger partial charge is 0.0165 e. The molecule has 0 heterocycles. The summed E-state index contributed by atoms with van der Waals surface area (Å²) in [5.74, 6) is 0. The van der Waals surface area contributed by atoms with Crippen LogP contribution in [0, 0.1) is 10.5 Å². The Kier molecular flexibility index (Phi) is 2.87. The molecule has 70 valence electrons. The van der Waals surface area contributed by atoms with Crippen molar-refractivity contribution in [2.45, 2.75) is 6.92 Å². The first kappa shape index (κ1) is 9.71. The van der Waals surface area contributed by atoms with E-state index in [9.17, 15) is 0 Å². The number of hydrogen-bond acceptors (Lipinski definition) is 0. The van der Waals surface area contributed by atoms with E-state index in [1.165, 1.54) is 20.3 Å². The summed E-state index contributed by atoms with van der Waals surface area (Å²) in [6.45, 7) is 2.17. The fourth-order valence-electron chi connectivity index (χ4n) is 1.54. The van der Waals surface area contributed by atoms with Gasteiger partial charge in [-0.3, -0.25) is 0 Å². The Morgan fingerprint density at radius 3 is 2.29 bits per heavy atom. The van der Waals surface area contributed by atoms with Crippen LogP contribution in [0.5, 0.6) is 0 Å². The SMILES string of the molecule is Cc1c(I)cccc1-c1ccccc1. The summed E-state index contributed by atoms with van der Waals surface area (Å²) in [4.78, 5) is 0. The van der Waals surface area contributed by atoms with E-state index in [4.69, 9.17) is 0 Å². The molecule has 0 aliphatic rings. The van der Waals surface area contributed by atoms with Crippen LogP contribution < -0.4 is 0 Å². The normalized spacial score (nSPS) is 10.1. The van der Waals surface area contributed by atoms with Crippen molar-refractivity contribution in [2.24, 2.45) is 0 Å². The Balaban J connectivity index is 2.58. The van der Waals surface area contributed by atoms with Gasteiger partial charge in [-0.2, -0.15) is 0 Å². The second kappa shape index (κ2) is 4.13. The zero-order valence-corrected chi connectivity index (χ0v) is 10.2. The molecule has 2 aromatic rings. The van der Waals surface area contributed by atoms with Crippen molar-refractivity contribution in [3.63, 3.8) is 0 Å². The van der Waals surface area contributed by atoms with Crippen LogP contribution in [0.4, 0.5) is 0 Å². The molecule has 0 fully saturated rings. The highest BCUT2D eigenvalue weighted by atomic mass is 127. The first-order chi connectivity index (χ1) is 6.79. The monoisotopic (exact) mass is 294 g/mol. The van der Waals surface area contributed by atoms with Gasteiger partial charge in [0, 0.05) is 3.57 Å². The van der Waals surface area contributed by atoms with Crippen molar-refractivity contribution in [3.8, 4) is 11.1 Å². The lowest BCUT2D eigenvalue weighted by atomic mass is 10.0. The number of benzene rings is 2. The minimum atomic E-state index is 1.29. The summed E-state index contributed by atoms with van der Waals surface area (Å²) in [6.07, 6.45) is 0. The van der Waals surface area contributed by atoms with E-state index in [-0.39, 0.29) is 0 Å². The van der Waals surface area contributed by atoms with Gasteiger partial charge in [-0.05, 0) is 52.3 Å². The fourth-order valence-corrected chi connectivity index (χ4v) is 2.04. The van der Waals surface area contributed by atoms with Gasteiger partial charge in [0.25, 0.3) is 0 Å². The second-order valence-electron chi connectivity index (χ2n) is 3.28. The predicted molar refractivity (Wildman–Crippen MR) is 69.3 cm³/mol. The number of rotatable bonds is 1.